The highest BCUT2D eigenvalue weighted by molar-refractivity contribution is 5.82. The van der Waals surface area contributed by atoms with Gasteiger partial charge in [-0.25, -0.2) is 4.79 Å². The van der Waals surface area contributed by atoms with E-state index in [4.69, 9.17) is 9.57 Å². The Bertz CT molecular complexity index is 379. The third-order valence-corrected chi connectivity index (χ3v) is 4.61. The molecule has 4 heteroatoms. The molecule has 0 aromatic heterocycles. The molecule has 3 aliphatic rings. The van der Waals surface area contributed by atoms with Crippen LogP contribution < -0.4 is 0 Å². The summed E-state index contributed by atoms with van der Waals surface area (Å²) >= 11 is 0. The second-order valence-corrected chi connectivity index (χ2v) is 5.52. The second kappa shape index (κ2) is 4.57. The highest BCUT2D eigenvalue weighted by Crippen LogP contribution is 2.52. The van der Waals surface area contributed by atoms with Gasteiger partial charge >= 0.3 is 5.97 Å². The molecule has 0 radical (unpaired) electrons. The Morgan fingerprint density at radius 3 is 3.22 bits per heavy atom. The Morgan fingerprint density at radius 1 is 1.56 bits per heavy atom. The standard InChI is InChI=1S/C14H21NO3/c1-2-17-13(16)9-12-6-4-8-14-7-3-5-11(14)10-18-15(12)14/h9,11H,2-8,10H2,1H3/b12-9+/t11-,14+/m1/s1. The molecule has 2 saturated heterocycles. The SMILES string of the molecule is CCOC(=O)/C=C1\CCC[C@@]23CCC[C@@H]2CON13. The first-order valence-electron chi connectivity index (χ1n) is 7.07. The van der Waals surface area contributed by atoms with Gasteiger partial charge in [-0.05, 0) is 39.0 Å². The summed E-state index contributed by atoms with van der Waals surface area (Å²) in [5.41, 5.74) is 1.21. The van der Waals surface area contributed by atoms with Gasteiger partial charge in [0.05, 0.1) is 18.8 Å². The Hall–Kier alpha value is -1.03. The summed E-state index contributed by atoms with van der Waals surface area (Å²) in [7, 11) is 0. The maximum absolute atomic E-state index is 11.6. The average Bonchev–Trinajstić information content (AvgIpc) is 2.86. The van der Waals surface area contributed by atoms with Crippen LogP contribution in [0.1, 0.15) is 45.4 Å². The summed E-state index contributed by atoms with van der Waals surface area (Å²) in [6, 6.07) is 0. The number of esters is 1. The molecule has 0 N–H and O–H groups in total. The fourth-order valence-corrected chi connectivity index (χ4v) is 3.85. The van der Waals surface area contributed by atoms with E-state index in [0.29, 0.717) is 12.5 Å². The average molecular weight is 251 g/mol. The zero-order valence-electron chi connectivity index (χ0n) is 11.0. The van der Waals surface area contributed by atoms with Gasteiger partial charge < -0.3 is 4.74 Å². The van der Waals surface area contributed by atoms with E-state index in [2.05, 4.69) is 5.06 Å². The molecular weight excluding hydrogens is 230 g/mol. The molecule has 4 nitrogen and oxygen atoms in total. The molecule has 18 heavy (non-hydrogen) atoms. The van der Waals surface area contributed by atoms with Crippen molar-refractivity contribution in [1.82, 2.24) is 5.06 Å². The van der Waals surface area contributed by atoms with E-state index in [1.165, 1.54) is 25.7 Å². The molecule has 1 spiro atoms. The summed E-state index contributed by atoms with van der Waals surface area (Å²) in [6.07, 6.45) is 8.68. The van der Waals surface area contributed by atoms with Crippen molar-refractivity contribution in [2.24, 2.45) is 5.92 Å². The third-order valence-electron chi connectivity index (χ3n) is 4.61. The number of allylic oxidation sites excluding steroid dienone is 1. The zero-order chi connectivity index (χ0) is 12.6. The first-order chi connectivity index (χ1) is 8.76. The van der Waals surface area contributed by atoms with Gasteiger partial charge in [0, 0.05) is 17.7 Å². The fraction of sp³-hybridized carbons (Fsp3) is 0.786. The fourth-order valence-electron chi connectivity index (χ4n) is 3.85. The highest BCUT2D eigenvalue weighted by Gasteiger charge is 2.54. The molecule has 0 amide bonds. The number of hydrogen-bond donors (Lipinski definition) is 0. The smallest absolute Gasteiger partial charge is 0.332 e. The molecular formula is C14H21NO3. The summed E-state index contributed by atoms with van der Waals surface area (Å²) in [6.45, 7) is 3.08. The van der Waals surface area contributed by atoms with E-state index in [1.54, 1.807) is 6.08 Å². The molecule has 1 saturated carbocycles. The first-order valence-corrected chi connectivity index (χ1v) is 7.07. The number of ether oxygens (including phenoxy) is 1. The maximum atomic E-state index is 11.6. The van der Waals surface area contributed by atoms with Crippen LogP contribution in [0.5, 0.6) is 0 Å². The molecule has 2 heterocycles. The van der Waals surface area contributed by atoms with Crippen molar-refractivity contribution >= 4 is 5.97 Å². The van der Waals surface area contributed by atoms with Crippen LogP contribution in [0.3, 0.4) is 0 Å². The predicted molar refractivity (Wildman–Crippen MR) is 66.4 cm³/mol. The van der Waals surface area contributed by atoms with Crippen LogP contribution in [0, 0.1) is 5.92 Å². The molecule has 2 atom stereocenters. The van der Waals surface area contributed by atoms with E-state index in [0.717, 1.165) is 25.1 Å². The lowest BCUT2D eigenvalue weighted by atomic mass is 9.80. The van der Waals surface area contributed by atoms with Gasteiger partial charge in [-0.3, -0.25) is 9.90 Å². The van der Waals surface area contributed by atoms with E-state index in [1.807, 2.05) is 6.92 Å². The molecule has 3 rings (SSSR count). The van der Waals surface area contributed by atoms with E-state index in [9.17, 15) is 4.79 Å². The number of carbonyl (C=O) groups is 1. The molecule has 0 aromatic rings. The van der Waals surface area contributed by atoms with Gasteiger partial charge in [-0.1, -0.05) is 6.42 Å². The lowest BCUT2D eigenvalue weighted by Crippen LogP contribution is -2.46. The predicted octanol–water partition coefficient (Wildman–Crippen LogP) is 2.40. The van der Waals surface area contributed by atoms with Gasteiger partial charge in [0.15, 0.2) is 0 Å². The minimum atomic E-state index is -0.241. The van der Waals surface area contributed by atoms with Crippen molar-refractivity contribution in [1.29, 1.82) is 0 Å². The van der Waals surface area contributed by atoms with E-state index < -0.39 is 0 Å². The summed E-state index contributed by atoms with van der Waals surface area (Å²) in [5, 5.41) is 2.06. The quantitative estimate of drug-likeness (QED) is 0.558. The van der Waals surface area contributed by atoms with Crippen molar-refractivity contribution in [2.45, 2.75) is 51.0 Å². The van der Waals surface area contributed by atoms with Crippen molar-refractivity contribution < 1.29 is 14.4 Å². The van der Waals surface area contributed by atoms with Crippen molar-refractivity contribution in [3.8, 4) is 0 Å². The van der Waals surface area contributed by atoms with Gasteiger partial charge in [0.2, 0.25) is 0 Å². The topological polar surface area (TPSA) is 38.8 Å². The Morgan fingerprint density at radius 2 is 2.39 bits per heavy atom. The number of piperidine rings is 1. The molecule has 3 fully saturated rings. The molecule has 0 unspecified atom stereocenters. The number of hydroxylamine groups is 2. The molecule has 1 aliphatic carbocycles. The Labute approximate surface area is 108 Å². The number of nitrogens with zero attached hydrogens (tertiary/aromatic N) is 1. The molecule has 0 aromatic carbocycles. The second-order valence-electron chi connectivity index (χ2n) is 5.52. The number of rotatable bonds is 2. The van der Waals surface area contributed by atoms with Gasteiger partial charge in [-0.15, -0.1) is 0 Å². The van der Waals surface area contributed by atoms with Gasteiger partial charge in [0.1, 0.15) is 0 Å². The van der Waals surface area contributed by atoms with Crippen LogP contribution in [0.15, 0.2) is 11.8 Å². The van der Waals surface area contributed by atoms with Crippen LogP contribution in [0.25, 0.3) is 0 Å². The summed E-state index contributed by atoms with van der Waals surface area (Å²) in [4.78, 5) is 17.5. The van der Waals surface area contributed by atoms with Gasteiger partial charge in [-0.2, -0.15) is 0 Å². The largest absolute Gasteiger partial charge is 0.463 e. The lowest BCUT2D eigenvalue weighted by molar-refractivity contribution is -0.152. The minimum Gasteiger partial charge on any atom is -0.463 e. The van der Waals surface area contributed by atoms with Crippen LogP contribution in [0.2, 0.25) is 0 Å². The van der Waals surface area contributed by atoms with E-state index >= 15 is 0 Å². The summed E-state index contributed by atoms with van der Waals surface area (Å²) < 4.78 is 5.00. The normalized spacial score (nSPS) is 36.6. The Kier molecular flexibility index (Phi) is 3.06. The maximum Gasteiger partial charge on any atom is 0.332 e. The van der Waals surface area contributed by atoms with Crippen LogP contribution in [-0.4, -0.2) is 29.8 Å². The van der Waals surface area contributed by atoms with Crippen molar-refractivity contribution in [3.63, 3.8) is 0 Å². The number of carbonyl (C=O) groups excluding carboxylic acids is 1. The monoisotopic (exact) mass is 251 g/mol. The minimum absolute atomic E-state index is 0.191. The first kappa shape index (κ1) is 12.0. The molecule has 0 bridgehead atoms. The molecule has 100 valence electrons. The zero-order valence-corrected chi connectivity index (χ0v) is 11.0. The summed E-state index contributed by atoms with van der Waals surface area (Å²) in [5.74, 6) is 0.415. The van der Waals surface area contributed by atoms with E-state index in [-0.39, 0.29) is 11.5 Å². The molecule has 2 aliphatic heterocycles. The number of hydrogen-bond acceptors (Lipinski definition) is 4. The Balaban J connectivity index is 1.83. The van der Waals surface area contributed by atoms with Crippen LogP contribution in [0.4, 0.5) is 0 Å². The van der Waals surface area contributed by atoms with Crippen molar-refractivity contribution in [2.75, 3.05) is 13.2 Å². The third kappa shape index (κ3) is 1.74. The van der Waals surface area contributed by atoms with Crippen LogP contribution >= 0.6 is 0 Å². The highest BCUT2D eigenvalue weighted by atomic mass is 16.7. The van der Waals surface area contributed by atoms with Gasteiger partial charge in [0.25, 0.3) is 0 Å². The van der Waals surface area contributed by atoms with Crippen LogP contribution in [-0.2, 0) is 14.4 Å². The van der Waals surface area contributed by atoms with Crippen molar-refractivity contribution in [3.05, 3.63) is 11.8 Å². The lowest BCUT2D eigenvalue weighted by Gasteiger charge is -2.42.